The van der Waals surface area contributed by atoms with Crippen LogP contribution in [0.25, 0.3) is 0 Å². The van der Waals surface area contributed by atoms with E-state index in [-0.39, 0.29) is 0 Å². The average molecular weight is 326 g/mol. The summed E-state index contributed by atoms with van der Waals surface area (Å²) in [6.45, 7) is 2.18. The summed E-state index contributed by atoms with van der Waals surface area (Å²) in [7, 11) is 4.85. The highest BCUT2D eigenvalue weighted by Gasteiger charge is 2.30. The highest BCUT2D eigenvalue weighted by atomic mass is 32.1. The molecule has 1 aliphatic rings. The third-order valence-electron chi connectivity index (χ3n) is 3.66. The van der Waals surface area contributed by atoms with Crippen LogP contribution in [0.2, 0.25) is 0 Å². The number of rotatable bonds is 5. The van der Waals surface area contributed by atoms with Gasteiger partial charge < -0.3 is 29.5 Å². The van der Waals surface area contributed by atoms with Crippen LogP contribution in [0.5, 0.6) is 11.5 Å². The quantitative estimate of drug-likeness (QED) is 0.620. The Morgan fingerprint density at radius 1 is 1.32 bits per heavy atom. The van der Waals surface area contributed by atoms with E-state index in [1.807, 2.05) is 17.0 Å². The van der Waals surface area contributed by atoms with Crippen molar-refractivity contribution in [2.45, 2.75) is 12.6 Å². The second-order valence-corrected chi connectivity index (χ2v) is 5.37. The summed E-state index contributed by atoms with van der Waals surface area (Å²) in [4.78, 5) is 1.92. The number of nitrogens with zero attached hydrogens (tertiary/aromatic N) is 1. The Kier molecular flexibility index (Phi) is 5.82. The largest absolute Gasteiger partial charge is 0.496 e. The van der Waals surface area contributed by atoms with Crippen LogP contribution in [0.1, 0.15) is 17.2 Å². The van der Waals surface area contributed by atoms with Crippen molar-refractivity contribution < 1.29 is 19.3 Å². The van der Waals surface area contributed by atoms with Gasteiger partial charge in [-0.2, -0.15) is 0 Å². The van der Waals surface area contributed by atoms with Crippen molar-refractivity contribution in [3.05, 3.63) is 23.3 Å². The van der Waals surface area contributed by atoms with E-state index in [0.29, 0.717) is 37.1 Å². The highest BCUT2D eigenvalue weighted by Crippen LogP contribution is 2.39. The smallest absolute Gasteiger partial charge is 0.169 e. The van der Waals surface area contributed by atoms with Crippen LogP contribution in [-0.4, -0.2) is 56.1 Å². The summed E-state index contributed by atoms with van der Waals surface area (Å²) < 4.78 is 15.8. The number of thiocarbonyl (C=S) groups is 1. The molecule has 0 amide bonds. The molecule has 1 aromatic carbocycles. The van der Waals surface area contributed by atoms with E-state index >= 15 is 0 Å². The third-order valence-corrected chi connectivity index (χ3v) is 4.06. The van der Waals surface area contributed by atoms with Crippen LogP contribution in [0.4, 0.5) is 0 Å². The van der Waals surface area contributed by atoms with Gasteiger partial charge in [-0.3, -0.25) is 0 Å². The predicted octanol–water partition coefficient (Wildman–Crippen LogP) is 1.07. The van der Waals surface area contributed by atoms with E-state index in [1.165, 1.54) is 0 Å². The van der Waals surface area contributed by atoms with Crippen LogP contribution >= 0.6 is 12.2 Å². The van der Waals surface area contributed by atoms with Gasteiger partial charge in [-0.15, -0.1) is 0 Å². The minimum Gasteiger partial charge on any atom is -0.496 e. The van der Waals surface area contributed by atoms with Gasteiger partial charge in [0.1, 0.15) is 17.6 Å². The second kappa shape index (κ2) is 7.62. The summed E-state index contributed by atoms with van der Waals surface area (Å²) in [5.74, 6) is 1.39. The second-order valence-electron chi connectivity index (χ2n) is 4.98. The predicted molar refractivity (Wildman–Crippen MR) is 87.4 cm³/mol. The molecule has 0 fully saturated rings. The van der Waals surface area contributed by atoms with E-state index in [0.717, 1.165) is 16.9 Å². The Morgan fingerprint density at radius 2 is 2.00 bits per heavy atom. The minimum absolute atomic E-state index is 0.412. The zero-order valence-corrected chi connectivity index (χ0v) is 13.9. The van der Waals surface area contributed by atoms with Crippen molar-refractivity contribution in [3.8, 4) is 11.5 Å². The van der Waals surface area contributed by atoms with Crippen LogP contribution in [0, 0.1) is 0 Å². The van der Waals surface area contributed by atoms with Gasteiger partial charge in [0.25, 0.3) is 0 Å². The number of benzene rings is 1. The lowest BCUT2D eigenvalue weighted by molar-refractivity contribution is 0.121. The molecule has 1 aliphatic heterocycles. The molecule has 0 unspecified atom stereocenters. The summed E-state index contributed by atoms with van der Waals surface area (Å²) in [6.07, 6.45) is -0.684. The number of fused-ring (bicyclic) bond motifs is 1. The van der Waals surface area contributed by atoms with Gasteiger partial charge in [-0.25, -0.2) is 0 Å². The number of aliphatic hydroxyl groups is 1. The molecule has 122 valence electrons. The van der Waals surface area contributed by atoms with Crippen molar-refractivity contribution in [1.29, 1.82) is 0 Å². The molecule has 0 radical (unpaired) electrons. The van der Waals surface area contributed by atoms with E-state index in [9.17, 15) is 5.11 Å². The van der Waals surface area contributed by atoms with E-state index in [4.69, 9.17) is 26.4 Å². The molecule has 7 heteroatoms. The Morgan fingerprint density at radius 3 is 2.64 bits per heavy atom. The van der Waals surface area contributed by atoms with Crippen molar-refractivity contribution in [2.75, 3.05) is 41.0 Å². The molecule has 1 aromatic rings. The van der Waals surface area contributed by atoms with Gasteiger partial charge in [0.15, 0.2) is 5.11 Å². The summed E-state index contributed by atoms with van der Waals surface area (Å²) in [5.41, 5.74) is 1.68. The summed E-state index contributed by atoms with van der Waals surface area (Å²) in [6, 6.07) is 3.65. The summed E-state index contributed by atoms with van der Waals surface area (Å²) in [5, 5.41) is 14.2. The van der Waals surface area contributed by atoms with Gasteiger partial charge in [-0.1, -0.05) is 0 Å². The lowest BCUT2D eigenvalue weighted by Gasteiger charge is -2.35. The Bertz CT molecular complexity index is 539. The Balaban J connectivity index is 2.23. The fourth-order valence-corrected chi connectivity index (χ4v) is 2.84. The molecule has 1 atom stereocenters. The van der Waals surface area contributed by atoms with Gasteiger partial charge in [0.2, 0.25) is 0 Å². The van der Waals surface area contributed by atoms with Crippen molar-refractivity contribution in [3.63, 3.8) is 0 Å². The van der Waals surface area contributed by atoms with Crippen molar-refractivity contribution in [1.82, 2.24) is 10.2 Å². The van der Waals surface area contributed by atoms with Crippen molar-refractivity contribution in [2.24, 2.45) is 0 Å². The van der Waals surface area contributed by atoms with Gasteiger partial charge >= 0.3 is 0 Å². The zero-order valence-electron chi connectivity index (χ0n) is 13.1. The topological polar surface area (TPSA) is 63.2 Å². The molecule has 0 aromatic heterocycles. The van der Waals surface area contributed by atoms with Crippen LogP contribution in [-0.2, 0) is 11.3 Å². The SMILES string of the molecule is COCCNC(=S)N1Cc2c(OC)ccc(OC)c2[C@@H](O)C1. The molecule has 0 saturated carbocycles. The normalized spacial score (nSPS) is 16.9. The molecule has 22 heavy (non-hydrogen) atoms. The van der Waals surface area contributed by atoms with Gasteiger partial charge in [0, 0.05) is 31.3 Å². The lowest BCUT2D eigenvalue weighted by atomic mass is 9.95. The molecule has 0 saturated heterocycles. The van der Waals surface area contributed by atoms with E-state index < -0.39 is 6.10 Å². The number of methoxy groups -OCH3 is 3. The van der Waals surface area contributed by atoms with Crippen LogP contribution in [0.3, 0.4) is 0 Å². The number of ether oxygens (including phenoxy) is 3. The average Bonchev–Trinajstić information content (AvgIpc) is 2.53. The van der Waals surface area contributed by atoms with E-state index in [1.54, 1.807) is 21.3 Å². The number of β-amino-alcohol motifs (C(OH)–C–C–N with tert-alkyl or cyclic N) is 1. The molecule has 2 N–H and O–H groups in total. The fraction of sp³-hybridized carbons (Fsp3) is 0.533. The Labute approximate surface area is 136 Å². The number of nitrogens with one attached hydrogen (secondary N) is 1. The number of aliphatic hydroxyl groups excluding tert-OH is 1. The molecule has 0 aliphatic carbocycles. The molecular weight excluding hydrogens is 304 g/mol. The molecular formula is C15H22N2O4S. The molecule has 1 heterocycles. The first kappa shape index (κ1) is 16.8. The summed E-state index contributed by atoms with van der Waals surface area (Å²) >= 11 is 5.39. The molecule has 0 bridgehead atoms. The van der Waals surface area contributed by atoms with Gasteiger partial charge in [0.05, 0.1) is 27.4 Å². The maximum Gasteiger partial charge on any atom is 0.169 e. The maximum absolute atomic E-state index is 10.5. The Hall–Kier alpha value is -1.57. The molecule has 0 spiro atoms. The van der Waals surface area contributed by atoms with Crippen LogP contribution in [0.15, 0.2) is 12.1 Å². The lowest BCUT2D eigenvalue weighted by Crippen LogP contribution is -2.45. The number of hydrogen-bond donors (Lipinski definition) is 2. The highest BCUT2D eigenvalue weighted by molar-refractivity contribution is 7.80. The van der Waals surface area contributed by atoms with Gasteiger partial charge in [-0.05, 0) is 24.4 Å². The standard InChI is InChI=1S/C15H22N2O4S/c1-19-7-6-16-15(22)17-8-10-12(20-2)4-5-13(21-3)14(10)11(18)9-17/h4-5,11,18H,6-9H2,1-3H3,(H,16,22)/t11-/m0/s1. The zero-order chi connectivity index (χ0) is 16.1. The maximum atomic E-state index is 10.5. The number of hydrogen-bond acceptors (Lipinski definition) is 5. The van der Waals surface area contributed by atoms with Crippen LogP contribution < -0.4 is 14.8 Å². The first-order chi connectivity index (χ1) is 10.6. The third kappa shape index (κ3) is 3.43. The van der Waals surface area contributed by atoms with Crippen molar-refractivity contribution >= 4 is 17.3 Å². The minimum atomic E-state index is -0.684. The molecule has 6 nitrogen and oxygen atoms in total. The monoisotopic (exact) mass is 326 g/mol. The first-order valence-electron chi connectivity index (χ1n) is 7.05. The molecule has 2 rings (SSSR count). The fourth-order valence-electron chi connectivity index (χ4n) is 2.60. The first-order valence-corrected chi connectivity index (χ1v) is 7.46. The van der Waals surface area contributed by atoms with E-state index in [2.05, 4.69) is 5.32 Å².